The van der Waals surface area contributed by atoms with E-state index in [9.17, 15) is 14.6 Å². The Kier molecular flexibility index (Phi) is 3.61. The number of hydrogen-bond acceptors (Lipinski definition) is 7. The minimum absolute atomic E-state index is 0.190. The second kappa shape index (κ2) is 5.30. The van der Waals surface area contributed by atoms with Crippen LogP contribution >= 0.6 is 15.9 Å². The Morgan fingerprint density at radius 1 is 1.38 bits per heavy atom. The number of nitrogens with two attached hydrogens (primary N) is 1. The Morgan fingerprint density at radius 2 is 2.14 bits per heavy atom. The van der Waals surface area contributed by atoms with Gasteiger partial charge in [-0.2, -0.15) is 4.39 Å². The van der Waals surface area contributed by atoms with Crippen molar-refractivity contribution in [3.63, 3.8) is 0 Å². The molecule has 1 aliphatic heterocycles. The second-order valence-corrected chi connectivity index (χ2v) is 5.27. The van der Waals surface area contributed by atoms with Gasteiger partial charge in [0.25, 0.3) is 0 Å². The number of halogens is 2. The molecule has 1 aliphatic rings. The summed E-state index contributed by atoms with van der Waals surface area (Å²) in [6.45, 7) is 0. The zero-order valence-corrected chi connectivity index (χ0v) is 12.1. The van der Waals surface area contributed by atoms with Crippen molar-refractivity contribution in [1.82, 2.24) is 19.5 Å². The molecule has 1 fully saturated rings. The van der Waals surface area contributed by atoms with E-state index in [4.69, 9.17) is 10.5 Å². The maximum atomic E-state index is 12.9. The molecule has 4 atom stereocenters. The molecule has 0 aromatic carbocycles. The first-order valence-corrected chi connectivity index (χ1v) is 6.75. The lowest BCUT2D eigenvalue weighted by Crippen LogP contribution is -2.30. The number of fused-ring (bicyclic) bond motifs is 1. The number of nitrogen functional groups attached to an aromatic ring is 1. The molecule has 0 aliphatic carbocycles. The highest BCUT2D eigenvalue weighted by Gasteiger charge is 2.43. The lowest BCUT2D eigenvalue weighted by molar-refractivity contribution is -0.0246. The highest BCUT2D eigenvalue weighted by Crippen LogP contribution is 2.33. The fraction of sp³-hybridized carbons (Fsp3) is 0.364. The topological polar surface area (TPSA) is 119 Å². The molecule has 3 rings (SSSR count). The van der Waals surface area contributed by atoms with Crippen LogP contribution in [0.25, 0.3) is 11.2 Å². The maximum Gasteiger partial charge on any atom is 0.167 e. The lowest BCUT2D eigenvalue weighted by Gasteiger charge is -2.16. The number of ether oxygens (including phenoxy) is 1. The Bertz CT molecular complexity index is 704. The molecular weight excluding hydrogens is 349 g/mol. The van der Waals surface area contributed by atoms with Crippen molar-refractivity contribution in [2.75, 3.05) is 5.73 Å². The maximum absolute atomic E-state index is 12.9. The first kappa shape index (κ1) is 14.3. The minimum Gasteiger partial charge on any atom is -0.387 e. The van der Waals surface area contributed by atoms with Crippen LogP contribution in [0, 0.1) is 0 Å². The molecule has 8 nitrogen and oxygen atoms in total. The monoisotopic (exact) mass is 359 g/mol. The Morgan fingerprint density at radius 3 is 2.86 bits per heavy atom. The molecule has 1 unspecified atom stereocenters. The van der Waals surface area contributed by atoms with Crippen molar-refractivity contribution in [3.8, 4) is 0 Å². The van der Waals surface area contributed by atoms with Crippen LogP contribution < -0.4 is 5.73 Å². The van der Waals surface area contributed by atoms with Crippen LogP contribution in [-0.4, -0.2) is 48.0 Å². The van der Waals surface area contributed by atoms with Gasteiger partial charge in [0, 0.05) is 0 Å². The molecule has 4 N–H and O–H groups in total. The fourth-order valence-electron chi connectivity index (χ4n) is 2.23. The van der Waals surface area contributed by atoms with E-state index in [0.717, 1.165) is 6.08 Å². The van der Waals surface area contributed by atoms with E-state index in [-0.39, 0.29) is 5.82 Å². The molecule has 0 radical (unpaired) electrons. The summed E-state index contributed by atoms with van der Waals surface area (Å²) in [5, 5.41) is 20.0. The molecule has 2 aromatic rings. The number of hydrogen-bond donors (Lipinski definition) is 3. The van der Waals surface area contributed by atoms with Gasteiger partial charge in [-0.15, -0.1) is 0 Å². The number of aliphatic hydroxyl groups excluding tert-OH is 2. The standard InChI is InChI=1S/C11H11BrFN5O3/c12-5(13)1-4-7(19)8(20)11(21-4)18-3-17-6-9(14)15-2-16-10(6)18/h1-4,7-8,11,19-20H,(H2,14,15,16)/b5-1+/t4-,7-,8-,11?/m1/s1. The first-order valence-electron chi connectivity index (χ1n) is 5.96. The van der Waals surface area contributed by atoms with Crippen molar-refractivity contribution in [2.45, 2.75) is 24.5 Å². The molecular formula is C11H11BrFN5O3. The van der Waals surface area contributed by atoms with Crippen molar-refractivity contribution in [2.24, 2.45) is 0 Å². The third-order valence-electron chi connectivity index (χ3n) is 3.23. The molecule has 0 bridgehead atoms. The van der Waals surface area contributed by atoms with E-state index < -0.39 is 29.3 Å². The van der Waals surface area contributed by atoms with Crippen LogP contribution in [0.4, 0.5) is 10.2 Å². The van der Waals surface area contributed by atoms with E-state index in [1.165, 1.54) is 17.2 Å². The van der Waals surface area contributed by atoms with E-state index in [1.807, 2.05) is 0 Å². The molecule has 10 heteroatoms. The second-order valence-electron chi connectivity index (χ2n) is 4.51. The summed E-state index contributed by atoms with van der Waals surface area (Å²) in [4.78, 5) is 11.9. The molecule has 2 aromatic heterocycles. The third-order valence-corrected chi connectivity index (χ3v) is 3.49. The number of nitrogens with zero attached hydrogens (tertiary/aromatic N) is 4. The summed E-state index contributed by atoms with van der Waals surface area (Å²) in [6, 6.07) is 0. The van der Waals surface area contributed by atoms with Crippen molar-refractivity contribution in [3.05, 3.63) is 23.5 Å². The summed E-state index contributed by atoms with van der Waals surface area (Å²) in [5.74, 6) is 0.190. The van der Waals surface area contributed by atoms with E-state index in [0.29, 0.717) is 11.2 Å². The zero-order valence-electron chi connectivity index (χ0n) is 10.5. The van der Waals surface area contributed by atoms with Gasteiger partial charge in [0.2, 0.25) is 0 Å². The predicted octanol–water partition coefficient (Wildman–Crippen LogP) is 0.233. The lowest BCUT2D eigenvalue weighted by atomic mass is 10.1. The van der Waals surface area contributed by atoms with Gasteiger partial charge in [-0.05, 0) is 22.0 Å². The minimum atomic E-state index is -1.28. The quantitative estimate of drug-likeness (QED) is 0.702. The van der Waals surface area contributed by atoms with Gasteiger partial charge in [-0.1, -0.05) is 0 Å². The number of anilines is 1. The van der Waals surface area contributed by atoms with Crippen molar-refractivity contribution >= 4 is 32.9 Å². The SMILES string of the molecule is Nc1ncnc2c1ncn2C1O[C@H](/C=C(/F)Br)[C@@H](O)[C@H]1O. The van der Waals surface area contributed by atoms with Crippen LogP contribution in [-0.2, 0) is 4.74 Å². The van der Waals surface area contributed by atoms with E-state index in [2.05, 4.69) is 30.9 Å². The van der Waals surface area contributed by atoms with Crippen LogP contribution in [0.15, 0.2) is 23.5 Å². The summed E-state index contributed by atoms with van der Waals surface area (Å²) in [6.07, 6.45) is -0.873. The fourth-order valence-corrected chi connectivity index (χ4v) is 2.49. The van der Waals surface area contributed by atoms with E-state index >= 15 is 0 Å². The highest BCUT2D eigenvalue weighted by atomic mass is 79.9. The molecule has 3 heterocycles. The Hall–Kier alpha value is -1.62. The summed E-state index contributed by atoms with van der Waals surface area (Å²) < 4.78 is 19.1. The largest absolute Gasteiger partial charge is 0.387 e. The van der Waals surface area contributed by atoms with Gasteiger partial charge < -0.3 is 20.7 Å². The summed E-state index contributed by atoms with van der Waals surface area (Å²) >= 11 is 2.62. The molecule has 21 heavy (non-hydrogen) atoms. The molecule has 0 amide bonds. The average Bonchev–Trinajstić information content (AvgIpc) is 2.96. The van der Waals surface area contributed by atoms with Crippen molar-refractivity contribution < 1.29 is 19.3 Å². The third kappa shape index (κ3) is 2.39. The molecule has 0 saturated carbocycles. The predicted molar refractivity (Wildman–Crippen MR) is 73.8 cm³/mol. The molecule has 0 spiro atoms. The van der Waals surface area contributed by atoms with Gasteiger partial charge in [0.1, 0.15) is 30.2 Å². The normalized spacial score (nSPS) is 30.2. The van der Waals surface area contributed by atoms with Crippen molar-refractivity contribution in [1.29, 1.82) is 0 Å². The number of aliphatic hydroxyl groups is 2. The van der Waals surface area contributed by atoms with Crippen LogP contribution in [0.2, 0.25) is 0 Å². The summed E-state index contributed by atoms with van der Waals surface area (Å²) in [7, 11) is 0. The van der Waals surface area contributed by atoms with Crippen LogP contribution in [0.1, 0.15) is 6.23 Å². The smallest absolute Gasteiger partial charge is 0.167 e. The van der Waals surface area contributed by atoms with Gasteiger partial charge in [-0.3, -0.25) is 4.57 Å². The first-order chi connectivity index (χ1) is 9.99. The zero-order chi connectivity index (χ0) is 15.1. The molecule has 1 saturated heterocycles. The number of aromatic nitrogens is 4. The van der Waals surface area contributed by atoms with Crippen LogP contribution in [0.5, 0.6) is 0 Å². The number of imidazole rings is 1. The van der Waals surface area contributed by atoms with Gasteiger partial charge in [0.15, 0.2) is 22.4 Å². The average molecular weight is 360 g/mol. The Balaban J connectivity index is 2.00. The number of rotatable bonds is 2. The molecule has 112 valence electrons. The van der Waals surface area contributed by atoms with E-state index in [1.54, 1.807) is 0 Å². The van der Waals surface area contributed by atoms with Gasteiger partial charge in [-0.25, -0.2) is 15.0 Å². The van der Waals surface area contributed by atoms with Gasteiger partial charge >= 0.3 is 0 Å². The van der Waals surface area contributed by atoms with Gasteiger partial charge in [0.05, 0.1) is 6.33 Å². The highest BCUT2D eigenvalue weighted by molar-refractivity contribution is 9.11. The van der Waals surface area contributed by atoms with Crippen LogP contribution in [0.3, 0.4) is 0 Å². The summed E-state index contributed by atoms with van der Waals surface area (Å²) in [5.41, 5.74) is 6.38. The Labute approximate surface area is 126 Å².